The van der Waals surface area contributed by atoms with Crippen LogP contribution in [-0.4, -0.2) is 4.40 Å². The summed E-state index contributed by atoms with van der Waals surface area (Å²) in [5.74, 6) is 0. The summed E-state index contributed by atoms with van der Waals surface area (Å²) in [5, 5.41) is 0. The fourth-order valence-electron chi connectivity index (χ4n) is 1.42. The zero-order valence-electron chi connectivity index (χ0n) is 7.95. The maximum absolute atomic E-state index is 12.4. The second-order valence-electron chi connectivity index (χ2n) is 3.30. The van der Waals surface area contributed by atoms with Crippen molar-refractivity contribution in [2.45, 2.75) is 6.18 Å². The summed E-state index contributed by atoms with van der Waals surface area (Å²) >= 11 is 0. The summed E-state index contributed by atoms with van der Waals surface area (Å²) in [6, 6.07) is 4.19. The summed E-state index contributed by atoms with van der Waals surface area (Å²) in [4.78, 5) is 11.3. The molecule has 0 fully saturated rings. The zero-order valence-corrected chi connectivity index (χ0v) is 7.95. The van der Waals surface area contributed by atoms with Gasteiger partial charge >= 0.3 is 6.18 Å². The predicted octanol–water partition coefficient (Wildman–Crippen LogP) is 1.90. The highest BCUT2D eigenvalue weighted by atomic mass is 19.4. The van der Waals surface area contributed by atoms with Crippen molar-refractivity contribution in [3.63, 3.8) is 0 Å². The number of aromatic nitrogens is 1. The van der Waals surface area contributed by atoms with E-state index in [1.165, 1.54) is 12.1 Å². The zero-order chi connectivity index (χ0) is 11.9. The number of pyridine rings is 2. The highest BCUT2D eigenvalue weighted by Crippen LogP contribution is 2.30. The van der Waals surface area contributed by atoms with Gasteiger partial charge in [0.25, 0.3) is 5.56 Å². The van der Waals surface area contributed by atoms with Crippen molar-refractivity contribution in [1.82, 2.24) is 4.40 Å². The van der Waals surface area contributed by atoms with E-state index in [-0.39, 0.29) is 11.2 Å². The minimum Gasteiger partial charge on any atom is -0.397 e. The van der Waals surface area contributed by atoms with E-state index in [0.29, 0.717) is 0 Å². The fraction of sp³-hybridized carbons (Fsp3) is 0.100. The first-order valence-electron chi connectivity index (χ1n) is 4.38. The summed E-state index contributed by atoms with van der Waals surface area (Å²) in [7, 11) is 0. The van der Waals surface area contributed by atoms with Crippen LogP contribution in [0.5, 0.6) is 0 Å². The molecule has 2 N–H and O–H groups in total. The molecule has 3 nitrogen and oxygen atoms in total. The lowest BCUT2D eigenvalue weighted by atomic mass is 10.2. The van der Waals surface area contributed by atoms with Gasteiger partial charge in [0.05, 0.1) is 16.8 Å². The summed E-state index contributed by atoms with van der Waals surface area (Å²) in [5.41, 5.74) is 4.45. The Balaban J connectivity index is 2.81. The second kappa shape index (κ2) is 3.26. The van der Waals surface area contributed by atoms with Gasteiger partial charge in [0.15, 0.2) is 0 Å². The lowest BCUT2D eigenvalue weighted by Crippen LogP contribution is -2.15. The molecule has 0 unspecified atom stereocenters. The molecule has 0 bridgehead atoms. The molecular weight excluding hydrogens is 221 g/mol. The molecule has 2 rings (SSSR count). The van der Waals surface area contributed by atoms with Crippen LogP contribution in [0.2, 0.25) is 0 Å². The van der Waals surface area contributed by atoms with Crippen LogP contribution in [0, 0.1) is 0 Å². The van der Waals surface area contributed by atoms with Crippen LogP contribution in [0.3, 0.4) is 0 Å². The standard InChI is InChI=1S/C10H7F3N2O/c11-10(12,13)6-3-4-15-8(5-6)7(14)1-2-9(15)16/h1-5H,14H2. The van der Waals surface area contributed by atoms with E-state index in [9.17, 15) is 18.0 Å². The Morgan fingerprint density at radius 3 is 2.50 bits per heavy atom. The Hall–Kier alpha value is -1.98. The van der Waals surface area contributed by atoms with Crippen molar-refractivity contribution in [2.24, 2.45) is 0 Å². The molecule has 2 heterocycles. The minimum atomic E-state index is -4.44. The Bertz CT molecular complexity index is 601. The van der Waals surface area contributed by atoms with Crippen molar-refractivity contribution in [3.8, 4) is 0 Å². The molecule has 0 radical (unpaired) electrons. The van der Waals surface area contributed by atoms with Crippen LogP contribution < -0.4 is 11.3 Å². The quantitative estimate of drug-likeness (QED) is 0.748. The Morgan fingerprint density at radius 2 is 1.88 bits per heavy atom. The van der Waals surface area contributed by atoms with Gasteiger partial charge in [-0.2, -0.15) is 13.2 Å². The molecule has 0 saturated heterocycles. The van der Waals surface area contributed by atoms with Gasteiger partial charge in [-0.15, -0.1) is 0 Å². The van der Waals surface area contributed by atoms with Gasteiger partial charge in [0.1, 0.15) is 0 Å². The number of nitrogens with zero attached hydrogens (tertiary/aromatic N) is 1. The number of anilines is 1. The Kier molecular flexibility index (Phi) is 2.15. The molecular formula is C10H7F3N2O. The van der Waals surface area contributed by atoms with Gasteiger partial charge in [-0.25, -0.2) is 0 Å². The number of rotatable bonds is 0. The van der Waals surface area contributed by atoms with Crippen molar-refractivity contribution in [2.75, 3.05) is 5.73 Å². The molecule has 84 valence electrons. The van der Waals surface area contributed by atoms with E-state index in [4.69, 9.17) is 5.73 Å². The third kappa shape index (κ3) is 1.62. The molecule has 6 heteroatoms. The molecule has 0 aliphatic heterocycles. The molecule has 0 spiro atoms. The van der Waals surface area contributed by atoms with E-state index < -0.39 is 17.3 Å². The maximum Gasteiger partial charge on any atom is 0.416 e. The van der Waals surface area contributed by atoms with Crippen LogP contribution in [-0.2, 0) is 6.18 Å². The van der Waals surface area contributed by atoms with Gasteiger partial charge < -0.3 is 5.73 Å². The highest BCUT2D eigenvalue weighted by molar-refractivity contribution is 5.69. The average molecular weight is 228 g/mol. The highest BCUT2D eigenvalue weighted by Gasteiger charge is 2.30. The number of hydrogen-bond acceptors (Lipinski definition) is 2. The SMILES string of the molecule is Nc1ccc(=O)n2ccc(C(F)(F)F)cc12. The van der Waals surface area contributed by atoms with Crippen LogP contribution in [0.15, 0.2) is 35.3 Å². The molecule has 0 atom stereocenters. The van der Waals surface area contributed by atoms with Gasteiger partial charge in [0, 0.05) is 12.3 Å². The average Bonchev–Trinajstić information content (AvgIpc) is 2.22. The summed E-state index contributed by atoms with van der Waals surface area (Å²) < 4.78 is 38.3. The monoisotopic (exact) mass is 228 g/mol. The first kappa shape index (κ1) is 10.5. The van der Waals surface area contributed by atoms with Gasteiger partial charge in [-0.1, -0.05) is 0 Å². The summed E-state index contributed by atoms with van der Waals surface area (Å²) in [6.07, 6.45) is -3.38. The van der Waals surface area contributed by atoms with Crippen molar-refractivity contribution in [3.05, 3.63) is 46.4 Å². The second-order valence-corrected chi connectivity index (χ2v) is 3.30. The topological polar surface area (TPSA) is 47.5 Å². The van der Waals surface area contributed by atoms with Crippen LogP contribution >= 0.6 is 0 Å². The lowest BCUT2D eigenvalue weighted by molar-refractivity contribution is -0.137. The Morgan fingerprint density at radius 1 is 1.19 bits per heavy atom. The molecule has 0 amide bonds. The van der Waals surface area contributed by atoms with Gasteiger partial charge in [0.2, 0.25) is 0 Å². The molecule has 0 saturated carbocycles. The first-order valence-corrected chi connectivity index (χ1v) is 4.38. The van der Waals surface area contributed by atoms with E-state index in [1.54, 1.807) is 0 Å². The molecule has 0 aliphatic carbocycles. The smallest absolute Gasteiger partial charge is 0.397 e. The largest absolute Gasteiger partial charge is 0.416 e. The number of fused-ring (bicyclic) bond motifs is 1. The van der Waals surface area contributed by atoms with Crippen LogP contribution in [0.25, 0.3) is 5.52 Å². The van der Waals surface area contributed by atoms with E-state index in [2.05, 4.69) is 0 Å². The minimum absolute atomic E-state index is 0.0577. The first-order chi connectivity index (χ1) is 7.39. The van der Waals surface area contributed by atoms with Gasteiger partial charge in [-0.3, -0.25) is 9.20 Å². The Labute approximate surface area is 87.9 Å². The van der Waals surface area contributed by atoms with Crippen molar-refractivity contribution >= 4 is 11.2 Å². The van der Waals surface area contributed by atoms with Crippen LogP contribution in [0.4, 0.5) is 18.9 Å². The normalized spacial score (nSPS) is 11.9. The van der Waals surface area contributed by atoms with Gasteiger partial charge in [-0.05, 0) is 18.2 Å². The maximum atomic E-state index is 12.4. The fourth-order valence-corrected chi connectivity index (χ4v) is 1.42. The summed E-state index contributed by atoms with van der Waals surface area (Å²) in [6.45, 7) is 0. The molecule has 2 aromatic heterocycles. The predicted molar refractivity (Wildman–Crippen MR) is 53.1 cm³/mol. The van der Waals surface area contributed by atoms with Crippen molar-refractivity contribution < 1.29 is 13.2 Å². The lowest BCUT2D eigenvalue weighted by Gasteiger charge is -2.09. The molecule has 0 aromatic carbocycles. The third-order valence-corrected chi connectivity index (χ3v) is 2.22. The molecule has 2 aromatic rings. The number of nitrogens with two attached hydrogens (primary N) is 1. The number of alkyl halides is 3. The third-order valence-electron chi connectivity index (χ3n) is 2.22. The van der Waals surface area contributed by atoms with Crippen LogP contribution in [0.1, 0.15) is 5.56 Å². The van der Waals surface area contributed by atoms with E-state index >= 15 is 0 Å². The van der Waals surface area contributed by atoms with Crippen molar-refractivity contribution in [1.29, 1.82) is 0 Å². The number of nitrogen functional groups attached to an aromatic ring is 1. The number of hydrogen-bond donors (Lipinski definition) is 1. The van der Waals surface area contributed by atoms with E-state index in [1.807, 2.05) is 0 Å². The van der Waals surface area contributed by atoms with E-state index in [0.717, 1.165) is 22.7 Å². The molecule has 0 aliphatic rings. The molecule has 16 heavy (non-hydrogen) atoms. The number of halogens is 3.